The molecule has 1 aliphatic heterocycles. The third-order valence-electron chi connectivity index (χ3n) is 8.79. The van der Waals surface area contributed by atoms with Crippen LogP contribution >= 0.6 is 0 Å². The van der Waals surface area contributed by atoms with Crippen molar-refractivity contribution in [2.45, 2.75) is 13.0 Å². The van der Waals surface area contributed by atoms with Gasteiger partial charge in [-0.15, -0.1) is 0 Å². The van der Waals surface area contributed by atoms with E-state index < -0.39 is 12.6 Å². The molecule has 3 aromatic carbocycles. The fourth-order valence-corrected chi connectivity index (χ4v) is 6.81. The van der Waals surface area contributed by atoms with Crippen molar-refractivity contribution >= 4 is 29.3 Å². The summed E-state index contributed by atoms with van der Waals surface area (Å²) in [7, 11) is 0. The van der Waals surface area contributed by atoms with Crippen LogP contribution in [-0.4, -0.2) is 30.2 Å². The van der Waals surface area contributed by atoms with Gasteiger partial charge < -0.3 is 9.47 Å². The van der Waals surface area contributed by atoms with Crippen molar-refractivity contribution in [2.24, 2.45) is 35.5 Å². The van der Waals surface area contributed by atoms with E-state index in [0.717, 1.165) is 12.0 Å². The van der Waals surface area contributed by atoms with Gasteiger partial charge in [-0.1, -0.05) is 54.6 Å². The summed E-state index contributed by atoms with van der Waals surface area (Å²) in [4.78, 5) is 54.1. The van der Waals surface area contributed by atoms with Crippen LogP contribution in [0.4, 0.5) is 5.69 Å². The predicted octanol–water partition coefficient (Wildman–Crippen LogP) is 4.86. The Balaban J connectivity index is 1.01. The number of benzene rings is 3. The SMILES string of the molecule is O=C(COC(=O)c1ccccc1N1C(=O)[C@@H]2[C@H]3C=C[C@@H]([C@@H]4C[C@@H]34)[C@@H]2C1=O)c1ccc(OCc2ccccc2)cc1. The van der Waals surface area contributed by atoms with E-state index in [1.54, 1.807) is 42.5 Å². The van der Waals surface area contributed by atoms with E-state index in [4.69, 9.17) is 9.47 Å². The number of carbonyl (C=O) groups is 4. The normalized spacial score (nSPS) is 27.2. The molecule has 0 aromatic heterocycles. The van der Waals surface area contributed by atoms with Gasteiger partial charge in [-0.2, -0.15) is 0 Å². The molecule has 3 aromatic rings. The Labute approximate surface area is 231 Å². The second-order valence-corrected chi connectivity index (χ2v) is 11.0. The smallest absolute Gasteiger partial charge is 0.340 e. The summed E-state index contributed by atoms with van der Waals surface area (Å²) < 4.78 is 11.1. The third-order valence-corrected chi connectivity index (χ3v) is 8.79. The number of esters is 1. The molecule has 8 rings (SSSR count). The van der Waals surface area contributed by atoms with E-state index in [0.29, 0.717) is 29.8 Å². The number of nitrogens with zero attached hydrogens (tertiary/aromatic N) is 1. The molecule has 2 saturated carbocycles. The van der Waals surface area contributed by atoms with Gasteiger partial charge in [0.15, 0.2) is 12.4 Å². The summed E-state index contributed by atoms with van der Waals surface area (Å²) in [5, 5.41) is 0. The summed E-state index contributed by atoms with van der Waals surface area (Å²) in [6.45, 7) is -0.0599. The van der Waals surface area contributed by atoms with Gasteiger partial charge in [0.05, 0.1) is 23.1 Å². The number of ketones is 1. The molecule has 6 atom stereocenters. The molecule has 4 aliphatic carbocycles. The molecule has 200 valence electrons. The van der Waals surface area contributed by atoms with E-state index in [2.05, 4.69) is 12.2 Å². The van der Waals surface area contributed by atoms with Crippen molar-refractivity contribution in [2.75, 3.05) is 11.5 Å². The van der Waals surface area contributed by atoms with Crippen molar-refractivity contribution in [3.05, 3.63) is 108 Å². The van der Waals surface area contributed by atoms with Crippen LogP contribution in [0.25, 0.3) is 0 Å². The van der Waals surface area contributed by atoms with Gasteiger partial charge in [-0.05, 0) is 72.1 Å². The molecule has 2 amide bonds. The van der Waals surface area contributed by atoms with Gasteiger partial charge in [-0.25, -0.2) is 9.69 Å². The van der Waals surface area contributed by atoms with Gasteiger partial charge in [0.1, 0.15) is 12.4 Å². The highest BCUT2D eigenvalue weighted by Crippen LogP contribution is 2.65. The standard InChI is InChI=1S/C33H27NO6/c35-28(20-10-12-21(13-11-20)39-17-19-6-2-1-3-7-19)18-40-33(38)24-8-4-5-9-27(24)34-31(36)29-22-14-15-23(26-16-25(22)26)30(29)32(34)37/h1-15,22-23,25-26,29-30H,16-18H2/t22-,23-,25-,26-,29-,30+/m0/s1. The lowest BCUT2D eigenvalue weighted by atomic mass is 9.63. The van der Waals surface area contributed by atoms with Gasteiger partial charge in [-0.3, -0.25) is 14.4 Å². The van der Waals surface area contributed by atoms with Gasteiger partial charge in [0.25, 0.3) is 0 Å². The van der Waals surface area contributed by atoms with E-state index in [1.807, 2.05) is 30.3 Å². The number of rotatable bonds is 8. The topological polar surface area (TPSA) is 90.0 Å². The van der Waals surface area contributed by atoms with Crippen LogP contribution in [0.1, 0.15) is 32.7 Å². The number of anilines is 1. The maximum absolute atomic E-state index is 13.5. The minimum atomic E-state index is -0.758. The fourth-order valence-electron chi connectivity index (χ4n) is 6.81. The second-order valence-electron chi connectivity index (χ2n) is 11.0. The Kier molecular flexibility index (Phi) is 5.88. The molecule has 7 nitrogen and oxygen atoms in total. The van der Waals surface area contributed by atoms with E-state index in [1.165, 1.54) is 11.0 Å². The zero-order chi connectivity index (χ0) is 27.4. The lowest BCUT2D eigenvalue weighted by Gasteiger charge is -2.37. The van der Waals surface area contributed by atoms with Gasteiger partial charge in [0, 0.05) is 5.56 Å². The summed E-state index contributed by atoms with van der Waals surface area (Å²) >= 11 is 0. The number of para-hydroxylation sites is 1. The van der Waals surface area contributed by atoms with Crippen LogP contribution in [0, 0.1) is 35.5 Å². The number of Topliss-reactive ketones (excluding diaryl/α,β-unsaturated/α-hetero) is 1. The largest absolute Gasteiger partial charge is 0.489 e. The van der Waals surface area contributed by atoms with Crippen LogP contribution in [0.5, 0.6) is 5.75 Å². The van der Waals surface area contributed by atoms with Crippen molar-refractivity contribution in [3.8, 4) is 5.75 Å². The van der Waals surface area contributed by atoms with Crippen LogP contribution < -0.4 is 9.64 Å². The monoisotopic (exact) mass is 533 g/mol. The van der Waals surface area contributed by atoms with Crippen molar-refractivity contribution in [3.63, 3.8) is 0 Å². The maximum Gasteiger partial charge on any atom is 0.340 e. The zero-order valence-electron chi connectivity index (χ0n) is 21.6. The summed E-state index contributed by atoms with van der Waals surface area (Å²) in [5.74, 6) is -0.570. The first kappa shape index (κ1) is 24.5. The first-order valence-electron chi connectivity index (χ1n) is 13.6. The fraction of sp³-hybridized carbons (Fsp3) is 0.273. The Morgan fingerprint density at radius 1 is 0.775 bits per heavy atom. The van der Waals surface area contributed by atoms with E-state index >= 15 is 0 Å². The van der Waals surface area contributed by atoms with Gasteiger partial charge >= 0.3 is 5.97 Å². The maximum atomic E-state index is 13.5. The van der Waals surface area contributed by atoms with Crippen molar-refractivity contribution in [1.29, 1.82) is 0 Å². The molecule has 40 heavy (non-hydrogen) atoms. The Morgan fingerprint density at radius 3 is 2.08 bits per heavy atom. The number of allylic oxidation sites excluding steroid dienone is 2. The average molecular weight is 534 g/mol. The van der Waals surface area contributed by atoms with Crippen LogP contribution in [0.3, 0.4) is 0 Å². The highest BCUT2D eigenvalue weighted by atomic mass is 16.5. The molecule has 7 heteroatoms. The molecule has 3 fully saturated rings. The molecular formula is C33H27NO6. The Morgan fingerprint density at radius 2 is 1.40 bits per heavy atom. The summed E-state index contributed by atoms with van der Waals surface area (Å²) in [6, 6.07) is 22.9. The molecule has 1 saturated heterocycles. The number of imide groups is 1. The van der Waals surface area contributed by atoms with Crippen LogP contribution in [0.15, 0.2) is 91.0 Å². The minimum Gasteiger partial charge on any atom is -0.489 e. The predicted molar refractivity (Wildman–Crippen MR) is 145 cm³/mol. The number of ether oxygens (including phenoxy) is 2. The van der Waals surface area contributed by atoms with Crippen molar-refractivity contribution < 1.29 is 28.7 Å². The first-order valence-corrected chi connectivity index (χ1v) is 13.6. The molecule has 5 aliphatic rings. The average Bonchev–Trinajstić information content (AvgIpc) is 3.78. The molecular weight excluding hydrogens is 506 g/mol. The molecule has 1 heterocycles. The summed E-state index contributed by atoms with van der Waals surface area (Å²) in [6.07, 6.45) is 5.31. The van der Waals surface area contributed by atoms with Crippen LogP contribution in [-0.2, 0) is 20.9 Å². The highest BCUT2D eigenvalue weighted by molar-refractivity contribution is 6.24. The minimum absolute atomic E-state index is 0.0887. The van der Waals surface area contributed by atoms with Gasteiger partial charge in [0.2, 0.25) is 11.8 Å². The highest BCUT2D eigenvalue weighted by Gasteiger charge is 2.67. The van der Waals surface area contributed by atoms with Crippen molar-refractivity contribution in [1.82, 2.24) is 0 Å². The Bertz CT molecular complexity index is 1510. The van der Waals surface area contributed by atoms with Crippen LogP contribution in [0.2, 0.25) is 0 Å². The van der Waals surface area contributed by atoms with E-state index in [9.17, 15) is 19.2 Å². The molecule has 0 unspecified atom stereocenters. The third kappa shape index (κ3) is 4.04. The second kappa shape index (κ2) is 9.59. The molecule has 0 radical (unpaired) electrons. The zero-order valence-corrected chi connectivity index (χ0v) is 21.6. The molecule has 0 N–H and O–H groups in total. The van der Waals surface area contributed by atoms with E-state index in [-0.39, 0.29) is 52.5 Å². The summed E-state index contributed by atoms with van der Waals surface area (Å²) in [5.41, 5.74) is 1.72. The lowest BCUT2D eigenvalue weighted by Crippen LogP contribution is -2.40. The number of hydrogen-bond acceptors (Lipinski definition) is 6. The first-order chi connectivity index (χ1) is 19.5. The number of carbonyl (C=O) groups excluding carboxylic acids is 4. The number of amides is 2. The lowest BCUT2D eigenvalue weighted by molar-refractivity contribution is -0.124. The molecule has 0 spiro atoms. The molecule has 2 bridgehead atoms. The Hall–Kier alpha value is -4.52. The quantitative estimate of drug-likeness (QED) is 0.178. The number of hydrogen-bond donors (Lipinski definition) is 0.